The maximum atomic E-state index is 12.2. The fourth-order valence-electron chi connectivity index (χ4n) is 1.80. The zero-order chi connectivity index (χ0) is 15.2. The first-order valence-corrected chi connectivity index (χ1v) is 9.05. The van der Waals surface area contributed by atoms with Crippen LogP contribution in [-0.2, 0) is 10.0 Å². The molecule has 1 rings (SSSR count). The molecule has 0 saturated carbocycles. The van der Waals surface area contributed by atoms with Crippen LogP contribution in [0, 0.1) is 0 Å². The zero-order valence-electron chi connectivity index (χ0n) is 11.8. The van der Waals surface area contributed by atoms with Crippen LogP contribution in [0.5, 0.6) is 0 Å². The molecule has 0 spiro atoms. The van der Waals surface area contributed by atoms with E-state index in [1.807, 2.05) is 18.2 Å². The van der Waals surface area contributed by atoms with Gasteiger partial charge in [0.05, 0.1) is 12.4 Å². The molecule has 0 unspecified atom stereocenters. The Bertz CT molecular complexity index is 518. The zero-order valence-corrected chi connectivity index (χ0v) is 13.5. The highest BCUT2D eigenvalue weighted by Crippen LogP contribution is 2.24. The van der Waals surface area contributed by atoms with Gasteiger partial charge >= 0.3 is 0 Å². The molecule has 0 atom stereocenters. The fourth-order valence-corrected chi connectivity index (χ4v) is 4.85. The van der Waals surface area contributed by atoms with Crippen LogP contribution in [0.25, 0.3) is 0 Å². The van der Waals surface area contributed by atoms with Crippen molar-refractivity contribution < 1.29 is 13.5 Å². The maximum Gasteiger partial charge on any atom is 0.215 e. The Labute approximate surface area is 125 Å². The van der Waals surface area contributed by atoms with E-state index in [1.165, 1.54) is 16.1 Å². The van der Waals surface area contributed by atoms with Crippen molar-refractivity contribution >= 4 is 27.5 Å². The Morgan fingerprint density at radius 3 is 2.55 bits per heavy atom. The van der Waals surface area contributed by atoms with Gasteiger partial charge in [0.15, 0.2) is 0 Å². The number of nitrogens with zero attached hydrogens (tertiary/aromatic N) is 1. The fraction of sp³-hybridized carbons (Fsp3) is 0.538. The number of benzene rings is 1. The number of anilines is 1. The van der Waals surface area contributed by atoms with E-state index in [0.717, 1.165) is 4.90 Å². The van der Waals surface area contributed by atoms with Gasteiger partial charge in [-0.05, 0) is 26.0 Å². The lowest BCUT2D eigenvalue weighted by molar-refractivity contribution is 0.237. The van der Waals surface area contributed by atoms with E-state index in [9.17, 15) is 8.42 Å². The number of rotatable bonds is 8. The molecule has 3 N–H and O–H groups in total. The summed E-state index contributed by atoms with van der Waals surface area (Å²) in [6.07, 6.45) is 0. The molecule has 0 aliphatic carbocycles. The predicted molar refractivity (Wildman–Crippen MR) is 84.3 cm³/mol. The van der Waals surface area contributed by atoms with Crippen LogP contribution in [0.2, 0.25) is 0 Å². The topological polar surface area (TPSA) is 83.6 Å². The quantitative estimate of drug-likeness (QED) is 0.559. The molecule has 0 saturated heterocycles. The summed E-state index contributed by atoms with van der Waals surface area (Å²) in [5.74, 6) is 0.468. The normalized spacial score (nSPS) is 12.2. The predicted octanol–water partition coefficient (Wildman–Crippen LogP) is 1.39. The van der Waals surface area contributed by atoms with Crippen molar-refractivity contribution in [2.24, 2.45) is 0 Å². The van der Waals surface area contributed by atoms with E-state index < -0.39 is 10.0 Å². The number of nitrogen functional groups attached to an aromatic ring is 1. The highest BCUT2D eigenvalue weighted by molar-refractivity contribution is 8.00. The summed E-state index contributed by atoms with van der Waals surface area (Å²) in [5, 5.41) is 8.96. The van der Waals surface area contributed by atoms with Gasteiger partial charge in [-0.1, -0.05) is 12.1 Å². The smallest absolute Gasteiger partial charge is 0.215 e. The van der Waals surface area contributed by atoms with E-state index in [1.54, 1.807) is 19.9 Å². The molecule has 5 nitrogen and oxygen atoms in total. The molecule has 7 heteroatoms. The minimum absolute atomic E-state index is 0.0319. The number of thioether (sulfide) groups is 1. The van der Waals surface area contributed by atoms with Gasteiger partial charge in [0.25, 0.3) is 0 Å². The summed E-state index contributed by atoms with van der Waals surface area (Å²) in [7, 11) is -3.36. The molecule has 0 heterocycles. The lowest BCUT2D eigenvalue weighted by Crippen LogP contribution is -2.40. The molecule has 0 radical (unpaired) electrons. The Balaban J connectivity index is 2.61. The Kier molecular flexibility index (Phi) is 6.81. The minimum atomic E-state index is -3.36. The third kappa shape index (κ3) is 4.97. The standard InChI is InChI=1S/C13H22N2O3S2/c1-11(2)15(7-8-16)20(17,18)10-9-19-13-6-4-3-5-12(13)14/h3-6,11,16H,7-10,14H2,1-2H3. The number of para-hydroxylation sites is 1. The number of aliphatic hydroxyl groups is 1. The largest absolute Gasteiger partial charge is 0.398 e. The Morgan fingerprint density at radius 1 is 1.35 bits per heavy atom. The van der Waals surface area contributed by atoms with Crippen molar-refractivity contribution in [3.05, 3.63) is 24.3 Å². The van der Waals surface area contributed by atoms with Gasteiger partial charge in [0.2, 0.25) is 10.0 Å². The van der Waals surface area contributed by atoms with Gasteiger partial charge in [-0.2, -0.15) is 4.31 Å². The number of sulfonamides is 1. The molecular weight excluding hydrogens is 296 g/mol. The lowest BCUT2D eigenvalue weighted by atomic mass is 10.3. The first-order valence-electron chi connectivity index (χ1n) is 6.46. The average molecular weight is 318 g/mol. The van der Waals surface area contributed by atoms with Crippen LogP contribution in [-0.4, -0.2) is 48.5 Å². The molecule has 0 aliphatic rings. The third-order valence-corrected chi connectivity index (χ3v) is 6.16. The molecule has 1 aromatic carbocycles. The van der Waals surface area contributed by atoms with Gasteiger partial charge in [0, 0.05) is 28.9 Å². The summed E-state index contributed by atoms with van der Waals surface area (Å²) in [4.78, 5) is 0.890. The van der Waals surface area contributed by atoms with Crippen molar-refractivity contribution in [3.63, 3.8) is 0 Å². The molecule has 20 heavy (non-hydrogen) atoms. The molecule has 0 bridgehead atoms. The van der Waals surface area contributed by atoms with Crippen molar-refractivity contribution in [1.82, 2.24) is 4.31 Å². The second kappa shape index (κ2) is 7.87. The summed E-state index contributed by atoms with van der Waals surface area (Å²) in [5.41, 5.74) is 6.47. The van der Waals surface area contributed by atoms with Gasteiger partial charge in [-0.15, -0.1) is 11.8 Å². The summed E-state index contributed by atoms with van der Waals surface area (Å²) in [6.45, 7) is 3.57. The van der Waals surface area contributed by atoms with E-state index >= 15 is 0 Å². The van der Waals surface area contributed by atoms with Crippen molar-refractivity contribution in [3.8, 4) is 0 Å². The van der Waals surface area contributed by atoms with Crippen LogP contribution in [0.3, 0.4) is 0 Å². The summed E-state index contributed by atoms with van der Waals surface area (Å²) < 4.78 is 25.8. The minimum Gasteiger partial charge on any atom is -0.398 e. The van der Waals surface area contributed by atoms with Crippen LogP contribution >= 0.6 is 11.8 Å². The first-order chi connectivity index (χ1) is 9.38. The van der Waals surface area contributed by atoms with Crippen LogP contribution < -0.4 is 5.73 Å². The molecule has 0 aliphatic heterocycles. The molecular formula is C13H22N2O3S2. The van der Waals surface area contributed by atoms with E-state index in [0.29, 0.717) is 11.4 Å². The average Bonchev–Trinajstić information content (AvgIpc) is 2.37. The SMILES string of the molecule is CC(C)N(CCO)S(=O)(=O)CCSc1ccccc1N. The second-order valence-corrected chi connectivity index (χ2v) is 7.81. The van der Waals surface area contributed by atoms with Crippen LogP contribution in [0.4, 0.5) is 5.69 Å². The van der Waals surface area contributed by atoms with Gasteiger partial charge in [-0.3, -0.25) is 0 Å². The van der Waals surface area contributed by atoms with Crippen molar-refractivity contribution in [2.75, 3.05) is 30.4 Å². The molecule has 0 fully saturated rings. The number of hydrogen-bond donors (Lipinski definition) is 2. The van der Waals surface area contributed by atoms with E-state index in [4.69, 9.17) is 10.8 Å². The molecule has 114 valence electrons. The summed E-state index contributed by atoms with van der Waals surface area (Å²) >= 11 is 1.43. The van der Waals surface area contributed by atoms with Crippen LogP contribution in [0.1, 0.15) is 13.8 Å². The van der Waals surface area contributed by atoms with Gasteiger partial charge in [0.1, 0.15) is 0 Å². The van der Waals surface area contributed by atoms with Gasteiger partial charge in [-0.25, -0.2) is 8.42 Å². The highest BCUT2D eigenvalue weighted by Gasteiger charge is 2.23. The Morgan fingerprint density at radius 2 is 2.00 bits per heavy atom. The third-order valence-electron chi connectivity index (χ3n) is 2.77. The van der Waals surface area contributed by atoms with Crippen molar-refractivity contribution in [2.45, 2.75) is 24.8 Å². The van der Waals surface area contributed by atoms with Crippen LogP contribution in [0.15, 0.2) is 29.2 Å². The Hall–Kier alpha value is -0.760. The van der Waals surface area contributed by atoms with Gasteiger partial charge < -0.3 is 10.8 Å². The molecule has 0 aromatic heterocycles. The number of nitrogens with two attached hydrogens (primary N) is 1. The van der Waals surface area contributed by atoms with Crippen molar-refractivity contribution in [1.29, 1.82) is 0 Å². The number of hydrogen-bond acceptors (Lipinski definition) is 5. The summed E-state index contributed by atoms with van der Waals surface area (Å²) in [6, 6.07) is 7.24. The monoisotopic (exact) mass is 318 g/mol. The molecule has 1 aromatic rings. The highest BCUT2D eigenvalue weighted by atomic mass is 32.2. The maximum absolute atomic E-state index is 12.2. The van der Waals surface area contributed by atoms with E-state index in [-0.39, 0.29) is 24.9 Å². The second-order valence-electron chi connectivity index (χ2n) is 4.63. The first kappa shape index (κ1) is 17.3. The molecule has 0 amide bonds. The lowest BCUT2D eigenvalue weighted by Gasteiger charge is -2.24. The van der Waals surface area contributed by atoms with E-state index in [2.05, 4.69) is 0 Å². The number of aliphatic hydroxyl groups excluding tert-OH is 1.